The van der Waals surface area contributed by atoms with Crippen LogP contribution < -0.4 is 4.90 Å². The molecule has 0 aliphatic carbocycles. The molecule has 0 spiro atoms. The normalized spacial score (nSPS) is 14.3. The number of hydrogen-bond donors (Lipinski definition) is 1. The van der Waals surface area contributed by atoms with Crippen LogP contribution in [0.2, 0.25) is 5.02 Å². The number of aromatic hydroxyl groups is 1. The summed E-state index contributed by atoms with van der Waals surface area (Å²) in [6.07, 6.45) is 0.152. The third kappa shape index (κ3) is 1.94. The molecule has 4 nitrogen and oxygen atoms in total. The van der Waals surface area contributed by atoms with E-state index in [-0.39, 0.29) is 28.8 Å². The van der Waals surface area contributed by atoms with Crippen molar-refractivity contribution in [1.29, 1.82) is 0 Å². The Balaban J connectivity index is 2.11. The van der Waals surface area contributed by atoms with Crippen molar-refractivity contribution < 1.29 is 14.7 Å². The van der Waals surface area contributed by atoms with Crippen LogP contribution in [0, 0.1) is 0 Å². The minimum atomic E-state index is -0.399. The predicted molar refractivity (Wildman–Crippen MR) is 75.1 cm³/mol. The standard InChI is InChI=1S/C15H10ClNO3/c16-12-8-10(18)5-6-13(12)17-14(19)7-9-3-1-2-4-11(9)15(17)20/h1-6,8,18H,7H2. The fraction of sp³-hybridized carbons (Fsp3) is 0.0667. The number of benzene rings is 2. The van der Waals surface area contributed by atoms with Gasteiger partial charge in [0.2, 0.25) is 5.91 Å². The highest BCUT2D eigenvalue weighted by atomic mass is 35.5. The maximum atomic E-state index is 12.4. The van der Waals surface area contributed by atoms with Gasteiger partial charge in [-0.15, -0.1) is 0 Å². The number of carbonyl (C=O) groups is 2. The first-order valence-corrected chi connectivity index (χ1v) is 6.39. The molecule has 2 aromatic rings. The zero-order chi connectivity index (χ0) is 14.3. The molecule has 1 aliphatic rings. The van der Waals surface area contributed by atoms with E-state index in [1.54, 1.807) is 24.3 Å². The minimum Gasteiger partial charge on any atom is -0.508 e. The van der Waals surface area contributed by atoms with Crippen LogP contribution in [0.15, 0.2) is 42.5 Å². The lowest BCUT2D eigenvalue weighted by atomic mass is 9.98. The smallest absolute Gasteiger partial charge is 0.265 e. The van der Waals surface area contributed by atoms with Gasteiger partial charge in [0.25, 0.3) is 5.91 Å². The van der Waals surface area contributed by atoms with E-state index in [1.165, 1.54) is 18.2 Å². The Bertz CT molecular complexity index is 727. The largest absolute Gasteiger partial charge is 0.508 e. The van der Waals surface area contributed by atoms with Crippen molar-refractivity contribution in [3.05, 3.63) is 58.6 Å². The quantitative estimate of drug-likeness (QED) is 0.821. The average molecular weight is 288 g/mol. The highest BCUT2D eigenvalue weighted by Crippen LogP contribution is 2.33. The van der Waals surface area contributed by atoms with Gasteiger partial charge in [0.15, 0.2) is 0 Å². The number of carbonyl (C=O) groups excluding carboxylic acids is 2. The Morgan fingerprint density at radius 2 is 1.85 bits per heavy atom. The van der Waals surface area contributed by atoms with E-state index in [2.05, 4.69) is 0 Å². The van der Waals surface area contributed by atoms with Crippen LogP contribution >= 0.6 is 11.6 Å². The molecule has 0 fully saturated rings. The molecule has 0 bridgehead atoms. The van der Waals surface area contributed by atoms with Crippen molar-refractivity contribution in [2.75, 3.05) is 4.90 Å². The number of hydrogen-bond acceptors (Lipinski definition) is 3. The first kappa shape index (κ1) is 12.7. The number of rotatable bonds is 1. The highest BCUT2D eigenvalue weighted by Gasteiger charge is 2.32. The lowest BCUT2D eigenvalue weighted by molar-refractivity contribution is -0.117. The second-order valence-electron chi connectivity index (χ2n) is 4.50. The molecule has 2 aromatic carbocycles. The number of halogens is 1. The van der Waals surface area contributed by atoms with Crippen molar-refractivity contribution >= 4 is 29.1 Å². The lowest BCUT2D eigenvalue weighted by Crippen LogP contribution is -2.42. The van der Waals surface area contributed by atoms with Crippen LogP contribution in [0.1, 0.15) is 15.9 Å². The van der Waals surface area contributed by atoms with Gasteiger partial charge in [-0.2, -0.15) is 0 Å². The van der Waals surface area contributed by atoms with E-state index in [4.69, 9.17) is 11.6 Å². The third-order valence-electron chi connectivity index (χ3n) is 3.21. The van der Waals surface area contributed by atoms with E-state index in [0.717, 1.165) is 4.90 Å². The van der Waals surface area contributed by atoms with Crippen molar-refractivity contribution in [1.82, 2.24) is 0 Å². The molecule has 20 heavy (non-hydrogen) atoms. The molecule has 0 atom stereocenters. The van der Waals surface area contributed by atoms with E-state index >= 15 is 0 Å². The van der Waals surface area contributed by atoms with Crippen molar-refractivity contribution in [2.45, 2.75) is 6.42 Å². The summed E-state index contributed by atoms with van der Waals surface area (Å²) in [6.45, 7) is 0. The van der Waals surface area contributed by atoms with Crippen LogP contribution in [0.4, 0.5) is 5.69 Å². The summed E-state index contributed by atoms with van der Waals surface area (Å²) in [4.78, 5) is 25.7. The van der Waals surface area contributed by atoms with Crippen LogP contribution in [0.3, 0.4) is 0 Å². The van der Waals surface area contributed by atoms with Gasteiger partial charge >= 0.3 is 0 Å². The molecular weight excluding hydrogens is 278 g/mol. The number of fused-ring (bicyclic) bond motifs is 1. The Hall–Kier alpha value is -2.33. The predicted octanol–water partition coefficient (Wildman–Crippen LogP) is 2.78. The SMILES string of the molecule is O=C1Cc2ccccc2C(=O)N1c1ccc(O)cc1Cl. The van der Waals surface area contributed by atoms with Crippen LogP contribution in [0.5, 0.6) is 5.75 Å². The second-order valence-corrected chi connectivity index (χ2v) is 4.91. The summed E-state index contributed by atoms with van der Waals surface area (Å²) >= 11 is 6.01. The van der Waals surface area contributed by atoms with Crippen LogP contribution in [-0.2, 0) is 11.2 Å². The summed E-state index contributed by atoms with van der Waals surface area (Å²) in [5, 5.41) is 9.51. The summed E-state index contributed by atoms with van der Waals surface area (Å²) < 4.78 is 0. The second kappa shape index (κ2) is 4.65. The van der Waals surface area contributed by atoms with Gasteiger partial charge in [-0.3, -0.25) is 9.59 Å². The molecule has 1 N–H and O–H groups in total. The highest BCUT2D eigenvalue weighted by molar-refractivity contribution is 6.36. The Kier molecular flexibility index (Phi) is 2.95. The minimum absolute atomic E-state index is 0.0175. The number of nitrogens with zero attached hydrogens (tertiary/aromatic N) is 1. The molecule has 0 aromatic heterocycles. The van der Waals surface area contributed by atoms with Crippen molar-refractivity contribution in [3.63, 3.8) is 0 Å². The van der Waals surface area contributed by atoms with Gasteiger partial charge in [0, 0.05) is 11.6 Å². The molecule has 2 amide bonds. The summed E-state index contributed by atoms with van der Waals surface area (Å²) in [7, 11) is 0. The molecule has 1 aliphatic heterocycles. The van der Waals surface area contributed by atoms with Gasteiger partial charge in [-0.05, 0) is 23.8 Å². The summed E-state index contributed by atoms with van der Waals surface area (Å²) in [6, 6.07) is 11.2. The molecule has 100 valence electrons. The molecule has 1 heterocycles. The Morgan fingerprint density at radius 1 is 1.10 bits per heavy atom. The molecule has 0 saturated heterocycles. The molecule has 5 heteroatoms. The van der Waals surface area contributed by atoms with E-state index < -0.39 is 5.91 Å². The molecule has 0 saturated carbocycles. The van der Waals surface area contributed by atoms with Crippen LogP contribution in [-0.4, -0.2) is 16.9 Å². The summed E-state index contributed by atoms with van der Waals surface area (Å²) in [5.74, 6) is -0.748. The van der Waals surface area contributed by atoms with Gasteiger partial charge < -0.3 is 5.11 Å². The number of amides is 2. The third-order valence-corrected chi connectivity index (χ3v) is 3.52. The fourth-order valence-corrected chi connectivity index (χ4v) is 2.54. The van der Waals surface area contributed by atoms with E-state index in [1.807, 2.05) is 0 Å². The monoisotopic (exact) mass is 287 g/mol. The van der Waals surface area contributed by atoms with Gasteiger partial charge in [0.1, 0.15) is 5.75 Å². The summed E-state index contributed by atoms with van der Waals surface area (Å²) in [5.41, 5.74) is 1.50. The Labute approximate surface area is 120 Å². The maximum Gasteiger partial charge on any atom is 0.265 e. The molecular formula is C15H10ClNO3. The van der Waals surface area contributed by atoms with Gasteiger partial charge in [-0.25, -0.2) is 4.90 Å². The van der Waals surface area contributed by atoms with Crippen LogP contribution in [0.25, 0.3) is 0 Å². The number of anilines is 1. The first-order chi connectivity index (χ1) is 9.58. The van der Waals surface area contributed by atoms with Crippen molar-refractivity contribution in [2.24, 2.45) is 0 Å². The topological polar surface area (TPSA) is 57.6 Å². The number of phenols is 1. The zero-order valence-corrected chi connectivity index (χ0v) is 11.1. The molecule has 0 radical (unpaired) electrons. The number of imide groups is 1. The molecule has 3 rings (SSSR count). The van der Waals surface area contributed by atoms with Crippen molar-refractivity contribution in [3.8, 4) is 5.75 Å². The maximum absolute atomic E-state index is 12.4. The molecule has 0 unspecified atom stereocenters. The van der Waals surface area contributed by atoms with Gasteiger partial charge in [0.05, 0.1) is 17.1 Å². The number of phenolic OH excluding ortho intramolecular Hbond substituents is 1. The Morgan fingerprint density at radius 3 is 2.60 bits per heavy atom. The van der Waals surface area contributed by atoms with Gasteiger partial charge in [-0.1, -0.05) is 29.8 Å². The average Bonchev–Trinajstić information content (AvgIpc) is 2.41. The first-order valence-electron chi connectivity index (χ1n) is 6.01. The lowest BCUT2D eigenvalue weighted by Gasteiger charge is -2.27. The van der Waals surface area contributed by atoms with E-state index in [9.17, 15) is 14.7 Å². The fourth-order valence-electron chi connectivity index (χ4n) is 2.28. The van der Waals surface area contributed by atoms with E-state index in [0.29, 0.717) is 11.1 Å². The zero-order valence-electron chi connectivity index (χ0n) is 10.3.